The van der Waals surface area contributed by atoms with Gasteiger partial charge in [-0.2, -0.15) is 0 Å². The molecule has 1 amide bonds. The lowest BCUT2D eigenvalue weighted by Crippen LogP contribution is -2.24. The van der Waals surface area contributed by atoms with Gasteiger partial charge in [-0.3, -0.25) is 9.52 Å². The normalized spacial score (nSPS) is 11.2. The number of halogens is 1. The molecule has 0 aliphatic heterocycles. The second-order valence-electron chi connectivity index (χ2n) is 5.93. The molecule has 0 spiro atoms. The highest BCUT2D eigenvalue weighted by Gasteiger charge is 2.16. The minimum Gasteiger partial charge on any atom is -0.352 e. The molecule has 2 aromatic rings. The minimum absolute atomic E-state index is 0.0414. The second kappa shape index (κ2) is 9.33. The van der Waals surface area contributed by atoms with Crippen molar-refractivity contribution in [3.63, 3.8) is 0 Å². The van der Waals surface area contributed by atoms with Gasteiger partial charge in [0.25, 0.3) is 15.9 Å². The summed E-state index contributed by atoms with van der Waals surface area (Å²) in [5.41, 5.74) is 0.256. The highest BCUT2D eigenvalue weighted by Crippen LogP contribution is 2.19. The Morgan fingerprint density at radius 1 is 1.00 bits per heavy atom. The lowest BCUT2D eigenvalue weighted by atomic mass is 10.2. The van der Waals surface area contributed by atoms with Gasteiger partial charge in [-0.05, 0) is 42.8 Å². The summed E-state index contributed by atoms with van der Waals surface area (Å²) in [6.45, 7) is 2.71. The highest BCUT2D eigenvalue weighted by atomic mass is 32.2. The van der Waals surface area contributed by atoms with Crippen molar-refractivity contribution in [3.05, 3.63) is 59.9 Å². The van der Waals surface area contributed by atoms with Gasteiger partial charge < -0.3 is 5.32 Å². The zero-order chi connectivity index (χ0) is 19.0. The first-order valence-corrected chi connectivity index (χ1v) is 10.1. The van der Waals surface area contributed by atoms with Crippen molar-refractivity contribution < 1.29 is 17.6 Å². The quantitative estimate of drug-likeness (QED) is 0.649. The third-order valence-electron chi connectivity index (χ3n) is 3.86. The Bertz CT molecular complexity index is 836. The first-order valence-electron chi connectivity index (χ1n) is 8.59. The molecule has 0 aromatic heterocycles. The van der Waals surface area contributed by atoms with Crippen molar-refractivity contribution in [2.24, 2.45) is 0 Å². The van der Waals surface area contributed by atoms with E-state index in [0.717, 1.165) is 25.7 Å². The summed E-state index contributed by atoms with van der Waals surface area (Å²) in [6, 6.07) is 11.1. The average molecular weight is 378 g/mol. The Balaban J connectivity index is 1.99. The lowest BCUT2D eigenvalue weighted by molar-refractivity contribution is 0.0953. The molecule has 0 unspecified atom stereocenters. The van der Waals surface area contributed by atoms with Gasteiger partial charge in [-0.1, -0.05) is 38.3 Å². The number of nitrogens with one attached hydrogen (secondary N) is 2. The molecule has 140 valence electrons. The van der Waals surface area contributed by atoms with Crippen molar-refractivity contribution in [1.29, 1.82) is 0 Å². The van der Waals surface area contributed by atoms with Crippen molar-refractivity contribution in [1.82, 2.24) is 5.32 Å². The highest BCUT2D eigenvalue weighted by molar-refractivity contribution is 7.92. The van der Waals surface area contributed by atoms with E-state index in [1.165, 1.54) is 48.5 Å². The van der Waals surface area contributed by atoms with Gasteiger partial charge in [0, 0.05) is 12.1 Å². The van der Waals surface area contributed by atoms with Crippen molar-refractivity contribution >= 4 is 21.6 Å². The predicted octanol–water partition coefficient (Wildman–Crippen LogP) is 3.94. The third kappa shape index (κ3) is 5.56. The largest absolute Gasteiger partial charge is 0.352 e. The Hall–Kier alpha value is -2.41. The topological polar surface area (TPSA) is 75.3 Å². The van der Waals surface area contributed by atoms with Crippen LogP contribution in [0.3, 0.4) is 0 Å². The first kappa shape index (κ1) is 19.9. The van der Waals surface area contributed by atoms with Gasteiger partial charge >= 0.3 is 0 Å². The molecule has 7 heteroatoms. The van der Waals surface area contributed by atoms with Crippen LogP contribution >= 0.6 is 0 Å². The monoisotopic (exact) mass is 378 g/mol. The number of anilines is 1. The average Bonchev–Trinajstić information content (AvgIpc) is 2.63. The standard InChI is InChI=1S/C19H23FN2O3S/c1-2-3-4-7-14-21-19(23)15-10-12-16(13-11-15)26(24,25)22-18-9-6-5-8-17(18)20/h5-6,8-13,22H,2-4,7,14H2,1H3,(H,21,23). The Morgan fingerprint density at radius 3 is 2.35 bits per heavy atom. The fraction of sp³-hybridized carbons (Fsp3) is 0.316. The van der Waals surface area contributed by atoms with Crippen LogP contribution in [-0.2, 0) is 10.0 Å². The summed E-state index contributed by atoms with van der Waals surface area (Å²) in [4.78, 5) is 12.0. The van der Waals surface area contributed by atoms with Gasteiger partial charge in [0.2, 0.25) is 0 Å². The van der Waals surface area contributed by atoms with Crippen LogP contribution in [0.2, 0.25) is 0 Å². The van der Waals surface area contributed by atoms with Gasteiger partial charge in [0.1, 0.15) is 5.82 Å². The van der Waals surface area contributed by atoms with E-state index in [9.17, 15) is 17.6 Å². The van der Waals surface area contributed by atoms with Crippen LogP contribution in [0.5, 0.6) is 0 Å². The lowest BCUT2D eigenvalue weighted by Gasteiger charge is -2.10. The molecule has 2 N–H and O–H groups in total. The number of carbonyl (C=O) groups is 1. The number of para-hydroxylation sites is 1. The number of hydrogen-bond donors (Lipinski definition) is 2. The molecule has 26 heavy (non-hydrogen) atoms. The molecule has 0 aliphatic carbocycles. The first-order chi connectivity index (χ1) is 12.4. The van der Waals surface area contributed by atoms with Crippen LogP contribution in [0.25, 0.3) is 0 Å². The zero-order valence-electron chi connectivity index (χ0n) is 14.7. The zero-order valence-corrected chi connectivity index (χ0v) is 15.5. The van der Waals surface area contributed by atoms with Crippen molar-refractivity contribution in [3.8, 4) is 0 Å². The summed E-state index contributed by atoms with van der Waals surface area (Å²) in [6.07, 6.45) is 4.25. The molecule has 0 heterocycles. The van der Waals surface area contributed by atoms with E-state index in [-0.39, 0.29) is 16.5 Å². The molecule has 0 saturated heterocycles. The van der Waals surface area contributed by atoms with Crippen LogP contribution in [0.1, 0.15) is 43.0 Å². The van der Waals surface area contributed by atoms with E-state index < -0.39 is 15.8 Å². The predicted molar refractivity (Wildman–Crippen MR) is 100 cm³/mol. The smallest absolute Gasteiger partial charge is 0.261 e. The van der Waals surface area contributed by atoms with Crippen LogP contribution in [0.4, 0.5) is 10.1 Å². The Kier molecular flexibility index (Phi) is 7.15. The summed E-state index contributed by atoms with van der Waals surface area (Å²) in [7, 11) is -3.93. The molecule has 0 bridgehead atoms. The van der Waals surface area contributed by atoms with Crippen LogP contribution in [-0.4, -0.2) is 20.9 Å². The summed E-state index contributed by atoms with van der Waals surface area (Å²) >= 11 is 0. The molecule has 0 aliphatic rings. The molecule has 0 fully saturated rings. The third-order valence-corrected chi connectivity index (χ3v) is 5.24. The maximum Gasteiger partial charge on any atom is 0.261 e. The number of sulfonamides is 1. The van der Waals surface area contributed by atoms with E-state index in [2.05, 4.69) is 17.0 Å². The van der Waals surface area contributed by atoms with Crippen LogP contribution in [0.15, 0.2) is 53.4 Å². The maximum atomic E-state index is 13.6. The molecule has 2 aromatic carbocycles. The van der Waals surface area contributed by atoms with Crippen molar-refractivity contribution in [2.75, 3.05) is 11.3 Å². The van der Waals surface area contributed by atoms with Gasteiger partial charge in [-0.15, -0.1) is 0 Å². The molecular weight excluding hydrogens is 355 g/mol. The number of benzene rings is 2. The molecule has 0 atom stereocenters. The van der Waals surface area contributed by atoms with E-state index >= 15 is 0 Å². The molecule has 0 saturated carbocycles. The Morgan fingerprint density at radius 2 is 1.69 bits per heavy atom. The Labute approximate surface area is 153 Å². The summed E-state index contributed by atoms with van der Waals surface area (Å²) < 4.78 is 40.5. The minimum atomic E-state index is -3.93. The van der Waals surface area contributed by atoms with Gasteiger partial charge in [0.15, 0.2) is 0 Å². The van der Waals surface area contributed by atoms with Gasteiger partial charge in [-0.25, -0.2) is 12.8 Å². The molecule has 2 rings (SSSR count). The summed E-state index contributed by atoms with van der Waals surface area (Å²) in [5, 5.41) is 2.81. The molecular formula is C19H23FN2O3S. The van der Waals surface area contributed by atoms with E-state index in [4.69, 9.17) is 0 Å². The van der Waals surface area contributed by atoms with E-state index in [1.54, 1.807) is 0 Å². The maximum absolute atomic E-state index is 13.6. The summed E-state index contributed by atoms with van der Waals surface area (Å²) in [5.74, 6) is -0.900. The van der Waals surface area contributed by atoms with E-state index in [1.807, 2.05) is 0 Å². The van der Waals surface area contributed by atoms with Gasteiger partial charge in [0.05, 0.1) is 10.6 Å². The molecule has 5 nitrogen and oxygen atoms in total. The number of unbranched alkanes of at least 4 members (excludes halogenated alkanes) is 3. The fourth-order valence-corrected chi connectivity index (χ4v) is 3.46. The second-order valence-corrected chi connectivity index (χ2v) is 7.61. The number of amides is 1. The van der Waals surface area contributed by atoms with Crippen molar-refractivity contribution in [2.45, 2.75) is 37.5 Å². The number of carbonyl (C=O) groups excluding carboxylic acids is 1. The van der Waals surface area contributed by atoms with Crippen LogP contribution < -0.4 is 10.0 Å². The SMILES string of the molecule is CCCCCCNC(=O)c1ccc(S(=O)(=O)Nc2ccccc2F)cc1. The molecule has 0 radical (unpaired) electrons. The number of rotatable bonds is 9. The van der Waals surface area contributed by atoms with E-state index in [0.29, 0.717) is 12.1 Å². The number of hydrogen-bond acceptors (Lipinski definition) is 3. The fourth-order valence-electron chi connectivity index (χ4n) is 2.39. The van der Waals surface area contributed by atoms with Crippen LogP contribution in [0, 0.1) is 5.82 Å².